The average Bonchev–Trinajstić information content (AvgIpc) is 3.25. The van der Waals surface area contributed by atoms with Gasteiger partial charge in [-0.2, -0.15) is 0 Å². The highest BCUT2D eigenvalue weighted by atomic mass is 32.1. The van der Waals surface area contributed by atoms with Gasteiger partial charge in [-0.15, -0.1) is 11.3 Å². The summed E-state index contributed by atoms with van der Waals surface area (Å²) >= 11 is 1.65. The highest BCUT2D eigenvalue weighted by molar-refractivity contribution is 7.07. The zero-order valence-corrected chi connectivity index (χ0v) is 20.6. The molecule has 6 nitrogen and oxygen atoms in total. The second kappa shape index (κ2) is 10.8. The molecular weight excluding hydrogens is 436 g/mol. The molecule has 1 fully saturated rings. The van der Waals surface area contributed by atoms with Crippen molar-refractivity contribution < 1.29 is 18.9 Å². The van der Waals surface area contributed by atoms with Crippen LogP contribution in [0.5, 0.6) is 23.0 Å². The first kappa shape index (κ1) is 23.2. The number of ether oxygens (including phenoxy) is 4. The van der Waals surface area contributed by atoms with E-state index in [-0.39, 0.29) is 0 Å². The molecule has 1 aliphatic rings. The van der Waals surface area contributed by atoms with Crippen LogP contribution < -0.4 is 23.7 Å². The minimum absolute atomic E-state index is 0.598. The Bertz CT molecular complexity index is 1100. The minimum atomic E-state index is 0.598. The van der Waals surface area contributed by atoms with Crippen LogP contribution in [0.4, 0.5) is 5.69 Å². The zero-order chi connectivity index (χ0) is 23.2. The Labute approximate surface area is 199 Å². The highest BCUT2D eigenvalue weighted by Gasteiger charge is 2.20. The van der Waals surface area contributed by atoms with Crippen molar-refractivity contribution in [3.63, 3.8) is 0 Å². The van der Waals surface area contributed by atoms with E-state index in [0.717, 1.165) is 34.0 Å². The normalized spacial score (nSPS) is 14.8. The van der Waals surface area contributed by atoms with Crippen LogP contribution in [0.1, 0.15) is 32.1 Å². The van der Waals surface area contributed by atoms with Crippen molar-refractivity contribution in [2.24, 2.45) is 10.9 Å². The largest absolute Gasteiger partial charge is 0.497 e. The summed E-state index contributed by atoms with van der Waals surface area (Å²) in [4.78, 5) is 5.97. The van der Waals surface area contributed by atoms with E-state index in [4.69, 9.17) is 23.9 Å². The van der Waals surface area contributed by atoms with E-state index in [1.165, 1.54) is 32.1 Å². The van der Waals surface area contributed by atoms with Gasteiger partial charge >= 0.3 is 0 Å². The lowest BCUT2D eigenvalue weighted by Gasteiger charge is -2.23. The lowest BCUT2D eigenvalue weighted by molar-refractivity contribution is 0.318. The number of aromatic nitrogens is 1. The van der Waals surface area contributed by atoms with Gasteiger partial charge in [0.1, 0.15) is 5.75 Å². The van der Waals surface area contributed by atoms with Crippen molar-refractivity contribution in [1.82, 2.24) is 4.57 Å². The summed E-state index contributed by atoms with van der Waals surface area (Å²) in [6, 6.07) is 11.9. The second-order valence-corrected chi connectivity index (χ2v) is 9.08. The third-order valence-electron chi connectivity index (χ3n) is 6.22. The quantitative estimate of drug-likeness (QED) is 0.403. The molecule has 0 unspecified atom stereocenters. The Balaban J connectivity index is 1.81. The fourth-order valence-corrected chi connectivity index (χ4v) is 5.39. The number of hydrogen-bond donors (Lipinski definition) is 0. The van der Waals surface area contributed by atoms with Crippen LogP contribution in [0, 0.1) is 5.92 Å². The van der Waals surface area contributed by atoms with Gasteiger partial charge in [0.2, 0.25) is 5.75 Å². The van der Waals surface area contributed by atoms with E-state index >= 15 is 0 Å². The van der Waals surface area contributed by atoms with Crippen LogP contribution >= 0.6 is 11.3 Å². The van der Waals surface area contributed by atoms with Gasteiger partial charge in [-0.3, -0.25) is 0 Å². The number of hydrogen-bond acceptors (Lipinski definition) is 6. The molecule has 0 bridgehead atoms. The molecule has 176 valence electrons. The Morgan fingerprint density at radius 2 is 1.55 bits per heavy atom. The summed E-state index contributed by atoms with van der Waals surface area (Å²) < 4.78 is 24.4. The van der Waals surface area contributed by atoms with E-state index in [9.17, 15) is 0 Å². The third-order valence-corrected chi connectivity index (χ3v) is 7.08. The van der Waals surface area contributed by atoms with Crippen LogP contribution in [-0.2, 0) is 6.54 Å². The van der Waals surface area contributed by atoms with Crippen molar-refractivity contribution in [1.29, 1.82) is 0 Å². The Kier molecular flexibility index (Phi) is 7.60. The first-order valence-electron chi connectivity index (χ1n) is 11.3. The summed E-state index contributed by atoms with van der Waals surface area (Å²) in [7, 11) is 6.59. The van der Waals surface area contributed by atoms with E-state index < -0.39 is 0 Å². The molecule has 3 aromatic rings. The van der Waals surface area contributed by atoms with Crippen LogP contribution in [-0.4, -0.2) is 33.0 Å². The van der Waals surface area contributed by atoms with Crippen LogP contribution in [0.15, 0.2) is 46.8 Å². The van der Waals surface area contributed by atoms with Crippen molar-refractivity contribution in [2.75, 3.05) is 28.4 Å². The topological polar surface area (TPSA) is 54.2 Å². The molecule has 1 aliphatic carbocycles. The molecule has 0 amide bonds. The zero-order valence-electron chi connectivity index (χ0n) is 19.8. The standard InChI is InChI=1S/C26H32N2O4S/c1-29-21-12-10-20(11-13-21)27-26-28(16-18-8-6-5-7-9-18)22(17-33-26)19-14-23(30-2)25(32-4)24(15-19)31-3/h10-15,17-18H,5-9,16H2,1-4H3. The summed E-state index contributed by atoms with van der Waals surface area (Å²) in [6.45, 7) is 0.949. The van der Waals surface area contributed by atoms with Gasteiger partial charge in [0.15, 0.2) is 16.3 Å². The number of thiazole rings is 1. The molecule has 33 heavy (non-hydrogen) atoms. The van der Waals surface area contributed by atoms with Gasteiger partial charge in [0.25, 0.3) is 0 Å². The maximum Gasteiger partial charge on any atom is 0.203 e. The number of benzene rings is 2. The van der Waals surface area contributed by atoms with Gasteiger partial charge < -0.3 is 23.5 Å². The second-order valence-electron chi connectivity index (χ2n) is 8.24. The lowest BCUT2D eigenvalue weighted by Crippen LogP contribution is -2.22. The Morgan fingerprint density at radius 1 is 0.879 bits per heavy atom. The third kappa shape index (κ3) is 5.19. The predicted octanol–water partition coefficient (Wildman–Crippen LogP) is 6.06. The number of methoxy groups -OCH3 is 4. The smallest absolute Gasteiger partial charge is 0.203 e. The summed E-state index contributed by atoms with van der Waals surface area (Å²) in [5.74, 6) is 3.38. The van der Waals surface area contributed by atoms with E-state index in [2.05, 4.69) is 9.95 Å². The molecule has 7 heteroatoms. The molecule has 0 N–H and O–H groups in total. The summed E-state index contributed by atoms with van der Waals surface area (Å²) in [6.07, 6.45) is 6.48. The number of nitrogens with zero attached hydrogens (tertiary/aromatic N) is 2. The molecule has 4 rings (SSSR count). The molecule has 2 aromatic carbocycles. The average molecular weight is 469 g/mol. The van der Waals surface area contributed by atoms with Crippen LogP contribution in [0.25, 0.3) is 11.3 Å². The molecule has 0 spiro atoms. The van der Waals surface area contributed by atoms with E-state index in [1.807, 2.05) is 36.4 Å². The minimum Gasteiger partial charge on any atom is -0.497 e. The fraction of sp³-hybridized carbons (Fsp3) is 0.423. The lowest BCUT2D eigenvalue weighted by atomic mass is 9.89. The van der Waals surface area contributed by atoms with Gasteiger partial charge in [0, 0.05) is 17.5 Å². The van der Waals surface area contributed by atoms with Crippen molar-refractivity contribution in [2.45, 2.75) is 38.6 Å². The number of rotatable bonds is 8. The molecule has 0 saturated heterocycles. The van der Waals surface area contributed by atoms with E-state index in [0.29, 0.717) is 23.2 Å². The maximum atomic E-state index is 5.61. The molecule has 1 saturated carbocycles. The molecule has 0 atom stereocenters. The maximum absolute atomic E-state index is 5.61. The fourth-order valence-electron chi connectivity index (χ4n) is 4.45. The van der Waals surface area contributed by atoms with Crippen molar-refractivity contribution in [3.05, 3.63) is 46.6 Å². The van der Waals surface area contributed by atoms with Crippen LogP contribution in [0.3, 0.4) is 0 Å². The van der Waals surface area contributed by atoms with Gasteiger partial charge in [-0.1, -0.05) is 19.3 Å². The molecule has 1 heterocycles. The summed E-state index contributed by atoms with van der Waals surface area (Å²) in [5, 5.41) is 2.17. The van der Waals surface area contributed by atoms with Gasteiger partial charge in [-0.05, 0) is 55.2 Å². The molecule has 0 aliphatic heterocycles. The van der Waals surface area contributed by atoms with Gasteiger partial charge in [0.05, 0.1) is 39.8 Å². The molecule has 1 aromatic heterocycles. The van der Waals surface area contributed by atoms with Crippen molar-refractivity contribution in [3.8, 4) is 34.3 Å². The highest BCUT2D eigenvalue weighted by Crippen LogP contribution is 2.41. The first-order chi connectivity index (χ1) is 16.2. The Morgan fingerprint density at radius 3 is 2.12 bits per heavy atom. The molecular formula is C26H32N2O4S. The van der Waals surface area contributed by atoms with Crippen LogP contribution in [0.2, 0.25) is 0 Å². The van der Waals surface area contributed by atoms with Gasteiger partial charge in [-0.25, -0.2) is 4.99 Å². The Hall–Kier alpha value is -2.93. The van der Waals surface area contributed by atoms with E-state index in [1.54, 1.807) is 39.8 Å². The monoisotopic (exact) mass is 468 g/mol. The van der Waals surface area contributed by atoms with Crippen molar-refractivity contribution >= 4 is 17.0 Å². The SMILES string of the molecule is COc1ccc(N=c2scc(-c3cc(OC)c(OC)c(OC)c3)n2CC2CCCCC2)cc1. The molecule has 0 radical (unpaired) electrons. The first-order valence-corrected chi connectivity index (χ1v) is 12.2. The summed E-state index contributed by atoms with van der Waals surface area (Å²) in [5.41, 5.74) is 3.04. The predicted molar refractivity (Wildman–Crippen MR) is 132 cm³/mol.